The van der Waals surface area contributed by atoms with Crippen LogP contribution in [0, 0.1) is 11.6 Å². The van der Waals surface area contributed by atoms with Crippen LogP contribution < -0.4 is 11.1 Å². The van der Waals surface area contributed by atoms with Crippen LogP contribution in [0.1, 0.15) is 38.8 Å². The van der Waals surface area contributed by atoms with Crippen molar-refractivity contribution in [2.24, 2.45) is 0 Å². The van der Waals surface area contributed by atoms with Gasteiger partial charge in [0.15, 0.2) is 11.6 Å². The molecular weight excluding hydrogens is 417 g/mol. The number of ether oxygens (including phenoxy) is 1. The van der Waals surface area contributed by atoms with Crippen molar-refractivity contribution in [1.29, 1.82) is 0 Å². The average molecular weight is 444 g/mol. The molecule has 6 nitrogen and oxygen atoms in total. The normalized spacial score (nSPS) is 17.3. The Kier molecular flexibility index (Phi) is 6.90. The topological polar surface area (TPSA) is 82.8 Å². The minimum absolute atomic E-state index is 0.0459. The summed E-state index contributed by atoms with van der Waals surface area (Å²) in [6, 6.07) is 11.4. The number of nitrogens with two attached hydrogens (primary N) is 1. The second-order valence-electron chi connectivity index (χ2n) is 8.59. The fraction of sp³-hybridized carbons (Fsp3) is 0.348. The first kappa shape index (κ1) is 23.8. The average Bonchev–Trinajstić information content (AvgIpc) is 2.96. The standard InChI is InChI=1S/C23H27BF2N2O4/c1-22(2)23(3,4)32-24(31-22)16(12-17-19(27)11-10-18(25)20(17)26)13-28-21(29)30-14-15-8-6-5-7-9-15/h5-12H,13-14,27H2,1-4H3,(H,28,29). The van der Waals surface area contributed by atoms with Crippen LogP contribution >= 0.6 is 0 Å². The Morgan fingerprint density at radius 3 is 2.34 bits per heavy atom. The predicted octanol–water partition coefficient (Wildman–Crippen LogP) is 4.49. The molecule has 1 saturated heterocycles. The zero-order chi connectivity index (χ0) is 23.5. The van der Waals surface area contributed by atoms with Gasteiger partial charge in [-0.1, -0.05) is 36.4 Å². The van der Waals surface area contributed by atoms with Gasteiger partial charge in [-0.25, -0.2) is 13.6 Å². The summed E-state index contributed by atoms with van der Waals surface area (Å²) < 4.78 is 45.5. The molecule has 32 heavy (non-hydrogen) atoms. The van der Waals surface area contributed by atoms with E-state index < -0.39 is 36.0 Å². The van der Waals surface area contributed by atoms with Crippen LogP contribution in [-0.4, -0.2) is 31.0 Å². The van der Waals surface area contributed by atoms with Gasteiger partial charge in [0.1, 0.15) is 6.61 Å². The highest BCUT2D eigenvalue weighted by Crippen LogP contribution is 2.39. The lowest BCUT2D eigenvalue weighted by Crippen LogP contribution is -2.41. The smallest absolute Gasteiger partial charge is 0.445 e. The van der Waals surface area contributed by atoms with Gasteiger partial charge in [-0.2, -0.15) is 0 Å². The number of hydrogen-bond donors (Lipinski definition) is 2. The highest BCUT2D eigenvalue weighted by Gasteiger charge is 2.52. The number of rotatable bonds is 6. The Morgan fingerprint density at radius 2 is 1.72 bits per heavy atom. The summed E-state index contributed by atoms with van der Waals surface area (Å²) in [7, 11) is -0.906. The number of hydrogen-bond acceptors (Lipinski definition) is 5. The van der Waals surface area contributed by atoms with Gasteiger partial charge in [0.05, 0.1) is 11.2 Å². The summed E-state index contributed by atoms with van der Waals surface area (Å²) in [6.45, 7) is 7.47. The fourth-order valence-electron chi connectivity index (χ4n) is 3.06. The number of nitrogen functional groups attached to an aromatic ring is 1. The molecule has 170 valence electrons. The molecule has 0 bridgehead atoms. The molecule has 0 aliphatic carbocycles. The SMILES string of the molecule is CC1(C)OB(C(=Cc2c(N)ccc(F)c2F)CNC(=O)OCc2ccccc2)OC1(C)C. The van der Waals surface area contributed by atoms with Crippen LogP contribution in [0.4, 0.5) is 19.3 Å². The van der Waals surface area contributed by atoms with Crippen molar-refractivity contribution in [2.75, 3.05) is 12.3 Å². The maximum atomic E-state index is 14.4. The molecule has 1 heterocycles. The van der Waals surface area contributed by atoms with Crippen LogP contribution in [0.5, 0.6) is 0 Å². The number of alkyl carbamates (subject to hydrolysis) is 1. The predicted molar refractivity (Wildman–Crippen MR) is 119 cm³/mol. The van der Waals surface area contributed by atoms with Crippen LogP contribution in [0.2, 0.25) is 0 Å². The van der Waals surface area contributed by atoms with Gasteiger partial charge in [0.2, 0.25) is 0 Å². The number of halogens is 2. The van der Waals surface area contributed by atoms with Gasteiger partial charge >= 0.3 is 13.2 Å². The van der Waals surface area contributed by atoms with Gasteiger partial charge in [-0.3, -0.25) is 0 Å². The number of carbonyl (C=O) groups is 1. The molecular formula is C23H27BF2N2O4. The lowest BCUT2D eigenvalue weighted by molar-refractivity contribution is 0.00578. The van der Waals surface area contributed by atoms with Crippen molar-refractivity contribution in [2.45, 2.75) is 45.5 Å². The quantitative estimate of drug-likeness (QED) is 0.507. The van der Waals surface area contributed by atoms with Gasteiger partial charge in [-0.05, 0) is 50.9 Å². The van der Waals surface area contributed by atoms with E-state index in [1.165, 1.54) is 12.1 Å². The van der Waals surface area contributed by atoms with Gasteiger partial charge in [0.25, 0.3) is 0 Å². The van der Waals surface area contributed by atoms with Gasteiger partial charge < -0.3 is 25.1 Å². The van der Waals surface area contributed by atoms with Crippen LogP contribution in [-0.2, 0) is 20.7 Å². The highest BCUT2D eigenvalue weighted by molar-refractivity contribution is 6.56. The highest BCUT2D eigenvalue weighted by atomic mass is 19.2. The second-order valence-corrected chi connectivity index (χ2v) is 8.59. The molecule has 0 atom stereocenters. The van der Waals surface area contributed by atoms with E-state index in [2.05, 4.69) is 5.32 Å². The van der Waals surface area contributed by atoms with E-state index in [-0.39, 0.29) is 24.4 Å². The minimum atomic E-state index is -1.09. The van der Waals surface area contributed by atoms with Crippen molar-refractivity contribution < 1.29 is 27.6 Å². The fourth-order valence-corrected chi connectivity index (χ4v) is 3.06. The maximum Gasteiger partial charge on any atom is 0.492 e. The molecule has 0 unspecified atom stereocenters. The molecule has 2 aromatic rings. The summed E-state index contributed by atoms with van der Waals surface area (Å²) in [5, 5.41) is 2.61. The Bertz CT molecular complexity index is 997. The third-order valence-electron chi connectivity index (χ3n) is 5.70. The molecule has 1 aliphatic heterocycles. The van der Waals surface area contributed by atoms with Crippen molar-refractivity contribution >= 4 is 25.0 Å². The lowest BCUT2D eigenvalue weighted by atomic mass is 9.76. The van der Waals surface area contributed by atoms with Crippen LogP contribution in [0.3, 0.4) is 0 Å². The molecule has 1 fully saturated rings. The molecule has 3 N–H and O–H groups in total. The molecule has 0 saturated carbocycles. The first-order chi connectivity index (χ1) is 15.0. The minimum Gasteiger partial charge on any atom is -0.445 e. The second kappa shape index (κ2) is 9.30. The number of benzene rings is 2. The molecule has 1 aliphatic rings. The van der Waals surface area contributed by atoms with E-state index in [9.17, 15) is 13.6 Å². The summed E-state index contributed by atoms with van der Waals surface area (Å²) in [6.07, 6.45) is 0.664. The molecule has 0 aromatic heterocycles. The molecule has 1 amide bonds. The largest absolute Gasteiger partial charge is 0.492 e. The van der Waals surface area contributed by atoms with E-state index in [4.69, 9.17) is 19.8 Å². The Morgan fingerprint density at radius 1 is 1.09 bits per heavy atom. The van der Waals surface area contributed by atoms with Gasteiger partial charge in [0, 0.05) is 17.8 Å². The van der Waals surface area contributed by atoms with E-state index in [0.29, 0.717) is 5.47 Å². The molecule has 9 heteroatoms. The molecule has 3 rings (SSSR count). The monoisotopic (exact) mass is 444 g/mol. The van der Waals surface area contributed by atoms with Crippen LogP contribution in [0.25, 0.3) is 6.08 Å². The molecule has 0 radical (unpaired) electrons. The Hall–Kier alpha value is -2.91. The molecule has 2 aromatic carbocycles. The van der Waals surface area contributed by atoms with Crippen LogP contribution in [0.15, 0.2) is 47.9 Å². The zero-order valence-electron chi connectivity index (χ0n) is 18.6. The number of carbonyl (C=O) groups excluding carboxylic acids is 1. The van der Waals surface area contributed by atoms with Crippen molar-refractivity contribution in [3.05, 3.63) is 70.7 Å². The molecule has 0 spiro atoms. The van der Waals surface area contributed by atoms with Crippen molar-refractivity contribution in [3.63, 3.8) is 0 Å². The number of anilines is 1. The van der Waals surface area contributed by atoms with Crippen molar-refractivity contribution in [1.82, 2.24) is 5.32 Å². The Labute approximate surface area is 186 Å². The summed E-state index contributed by atoms with van der Waals surface area (Å²) in [5.74, 6) is -2.13. The number of nitrogens with one attached hydrogen (secondary N) is 1. The van der Waals surface area contributed by atoms with E-state index in [1.54, 1.807) is 0 Å². The maximum absolute atomic E-state index is 14.4. The van der Waals surface area contributed by atoms with Gasteiger partial charge in [-0.15, -0.1) is 0 Å². The van der Waals surface area contributed by atoms with E-state index in [0.717, 1.165) is 11.6 Å². The first-order valence-corrected chi connectivity index (χ1v) is 10.2. The Balaban J connectivity index is 1.80. The van der Waals surface area contributed by atoms with E-state index >= 15 is 0 Å². The summed E-state index contributed by atoms with van der Waals surface area (Å²) in [4.78, 5) is 12.2. The lowest BCUT2D eigenvalue weighted by Gasteiger charge is -2.32. The first-order valence-electron chi connectivity index (χ1n) is 10.2. The third-order valence-corrected chi connectivity index (χ3v) is 5.70. The third kappa shape index (κ3) is 5.28. The zero-order valence-corrected chi connectivity index (χ0v) is 18.6. The summed E-state index contributed by atoms with van der Waals surface area (Å²) >= 11 is 0. The van der Waals surface area contributed by atoms with E-state index in [1.807, 2.05) is 58.0 Å². The number of amides is 1. The summed E-state index contributed by atoms with van der Waals surface area (Å²) in [5.41, 5.74) is 5.62. The van der Waals surface area contributed by atoms with Crippen molar-refractivity contribution in [3.8, 4) is 0 Å².